The molecule has 0 unspecified atom stereocenters. The Morgan fingerprint density at radius 3 is 2.27 bits per heavy atom. The summed E-state index contributed by atoms with van der Waals surface area (Å²) in [6.07, 6.45) is 4.60. The van der Waals surface area contributed by atoms with Crippen molar-refractivity contribution in [2.45, 2.75) is 25.7 Å². The molecule has 1 heterocycles. The van der Waals surface area contributed by atoms with Crippen LogP contribution in [0.1, 0.15) is 31.2 Å². The zero-order chi connectivity index (χ0) is 18.6. The van der Waals surface area contributed by atoms with Gasteiger partial charge in [0.15, 0.2) is 0 Å². The first-order valence-corrected chi connectivity index (χ1v) is 10.4. The van der Waals surface area contributed by atoms with Gasteiger partial charge >= 0.3 is 0 Å². The van der Waals surface area contributed by atoms with E-state index in [0.717, 1.165) is 18.4 Å². The number of hydrogen-bond donors (Lipinski definition) is 0. The predicted octanol–water partition coefficient (Wildman–Crippen LogP) is 2.22. The van der Waals surface area contributed by atoms with Crippen molar-refractivity contribution in [3.63, 3.8) is 0 Å². The molecule has 0 bridgehead atoms. The van der Waals surface area contributed by atoms with Crippen molar-refractivity contribution < 1.29 is 13.2 Å². The van der Waals surface area contributed by atoms with Gasteiger partial charge in [-0.25, -0.2) is 8.42 Å². The summed E-state index contributed by atoms with van der Waals surface area (Å²) < 4.78 is 26.4. The van der Waals surface area contributed by atoms with E-state index in [1.165, 1.54) is 9.71 Å². The van der Waals surface area contributed by atoms with Crippen LogP contribution >= 0.6 is 0 Å². The molecule has 0 atom stereocenters. The van der Waals surface area contributed by atoms with Crippen LogP contribution in [0, 0.1) is 16.7 Å². The summed E-state index contributed by atoms with van der Waals surface area (Å²) in [7, 11) is -3.52. The third-order valence-corrected chi connectivity index (χ3v) is 6.76. The molecule has 1 amide bonds. The van der Waals surface area contributed by atoms with Gasteiger partial charge in [-0.15, -0.1) is 0 Å². The molecule has 138 valence electrons. The lowest BCUT2D eigenvalue weighted by atomic mass is 9.86. The summed E-state index contributed by atoms with van der Waals surface area (Å²) in [6.45, 7) is 1.19. The Morgan fingerprint density at radius 2 is 1.69 bits per heavy atom. The summed E-state index contributed by atoms with van der Waals surface area (Å²) in [5.41, 5.74) is -0.0732. The number of piperazine rings is 1. The lowest BCUT2D eigenvalue weighted by Gasteiger charge is -2.36. The molecule has 1 aromatic rings. The maximum absolute atomic E-state index is 12.7. The van der Waals surface area contributed by atoms with Gasteiger partial charge in [0.05, 0.1) is 6.07 Å². The summed E-state index contributed by atoms with van der Waals surface area (Å²) in [6, 6.07) is 11.5. The normalized spacial score (nSPS) is 21.0. The number of carbonyl (C=O) groups excluding carboxylic acids is 1. The van der Waals surface area contributed by atoms with Crippen LogP contribution in [0.25, 0.3) is 6.08 Å². The highest BCUT2D eigenvalue weighted by Gasteiger charge is 2.44. The van der Waals surface area contributed by atoms with E-state index in [2.05, 4.69) is 6.07 Å². The third kappa shape index (κ3) is 3.81. The van der Waals surface area contributed by atoms with Crippen LogP contribution in [-0.2, 0) is 14.8 Å². The maximum atomic E-state index is 12.7. The number of hydrogen-bond acceptors (Lipinski definition) is 4. The van der Waals surface area contributed by atoms with Gasteiger partial charge in [-0.05, 0) is 24.5 Å². The lowest BCUT2D eigenvalue weighted by molar-refractivity contribution is -0.140. The number of carbonyl (C=O) groups is 1. The highest BCUT2D eigenvalue weighted by Crippen LogP contribution is 2.39. The molecule has 1 aromatic carbocycles. The average molecular weight is 373 g/mol. The summed E-state index contributed by atoms with van der Waals surface area (Å²) in [5, 5.41) is 10.7. The van der Waals surface area contributed by atoms with Gasteiger partial charge < -0.3 is 4.90 Å². The number of nitriles is 1. The Hall–Kier alpha value is -2.17. The fourth-order valence-corrected chi connectivity index (χ4v) is 4.79. The van der Waals surface area contributed by atoms with E-state index in [9.17, 15) is 18.5 Å². The molecule has 7 heteroatoms. The van der Waals surface area contributed by atoms with Crippen molar-refractivity contribution in [2.75, 3.05) is 26.2 Å². The third-order valence-electron chi connectivity index (χ3n) is 5.20. The Bertz CT molecular complexity index is 813. The molecule has 0 radical (unpaired) electrons. The molecule has 1 saturated heterocycles. The van der Waals surface area contributed by atoms with Gasteiger partial charge in [0.1, 0.15) is 5.41 Å². The molecule has 1 aliphatic carbocycles. The van der Waals surface area contributed by atoms with Crippen molar-refractivity contribution in [1.29, 1.82) is 5.26 Å². The van der Waals surface area contributed by atoms with Gasteiger partial charge in [0.25, 0.3) is 0 Å². The van der Waals surface area contributed by atoms with Crippen molar-refractivity contribution in [3.05, 3.63) is 41.3 Å². The van der Waals surface area contributed by atoms with Gasteiger partial charge in [-0.1, -0.05) is 43.2 Å². The SMILES string of the molecule is N#CC1(C(=O)N2CCN(S(=O)(=O)/C=C/c3ccccc3)CC2)CCCC1. The van der Waals surface area contributed by atoms with Gasteiger partial charge in [0.2, 0.25) is 15.9 Å². The first kappa shape index (κ1) is 18.6. The van der Waals surface area contributed by atoms with Crippen LogP contribution in [0.2, 0.25) is 0 Å². The number of amides is 1. The molecule has 26 heavy (non-hydrogen) atoms. The van der Waals surface area contributed by atoms with Crippen LogP contribution < -0.4 is 0 Å². The zero-order valence-corrected chi connectivity index (χ0v) is 15.5. The largest absolute Gasteiger partial charge is 0.339 e. The molecule has 1 saturated carbocycles. The van der Waals surface area contributed by atoms with E-state index in [0.29, 0.717) is 25.9 Å². The Kier molecular flexibility index (Phi) is 5.44. The van der Waals surface area contributed by atoms with Crippen LogP contribution in [-0.4, -0.2) is 49.7 Å². The number of benzene rings is 1. The van der Waals surface area contributed by atoms with Crippen LogP contribution in [0.15, 0.2) is 35.7 Å². The second kappa shape index (κ2) is 7.60. The van der Waals surface area contributed by atoms with E-state index in [4.69, 9.17) is 0 Å². The molecule has 6 nitrogen and oxygen atoms in total. The fourth-order valence-electron chi connectivity index (χ4n) is 3.62. The minimum absolute atomic E-state index is 0.130. The van der Waals surface area contributed by atoms with Gasteiger partial charge in [0, 0.05) is 31.6 Å². The highest BCUT2D eigenvalue weighted by atomic mass is 32.2. The smallest absolute Gasteiger partial charge is 0.243 e. The van der Waals surface area contributed by atoms with E-state index < -0.39 is 15.4 Å². The molecule has 1 aliphatic heterocycles. The van der Waals surface area contributed by atoms with Crippen molar-refractivity contribution in [2.24, 2.45) is 5.41 Å². The van der Waals surface area contributed by atoms with Crippen LogP contribution in [0.3, 0.4) is 0 Å². The highest BCUT2D eigenvalue weighted by molar-refractivity contribution is 7.92. The Morgan fingerprint density at radius 1 is 1.08 bits per heavy atom. The molecule has 0 aromatic heterocycles. The number of nitrogens with zero attached hydrogens (tertiary/aromatic N) is 3. The van der Waals surface area contributed by atoms with Crippen molar-refractivity contribution in [3.8, 4) is 6.07 Å². The van der Waals surface area contributed by atoms with Crippen molar-refractivity contribution >= 4 is 22.0 Å². The van der Waals surface area contributed by atoms with E-state index in [1.54, 1.807) is 11.0 Å². The first-order chi connectivity index (χ1) is 12.5. The van der Waals surface area contributed by atoms with E-state index in [1.807, 2.05) is 30.3 Å². The minimum Gasteiger partial charge on any atom is -0.339 e. The molecular formula is C19H23N3O3S. The second-order valence-electron chi connectivity index (χ2n) is 6.85. The Balaban J connectivity index is 1.62. The summed E-state index contributed by atoms with van der Waals surface area (Å²) in [4.78, 5) is 14.4. The fraction of sp³-hybridized carbons (Fsp3) is 0.474. The van der Waals surface area contributed by atoms with Crippen LogP contribution in [0.5, 0.6) is 0 Å². The maximum Gasteiger partial charge on any atom is 0.243 e. The second-order valence-corrected chi connectivity index (χ2v) is 8.67. The van der Waals surface area contributed by atoms with Gasteiger partial charge in [-0.2, -0.15) is 9.57 Å². The Labute approximate surface area is 154 Å². The summed E-state index contributed by atoms with van der Waals surface area (Å²) >= 11 is 0. The monoisotopic (exact) mass is 373 g/mol. The lowest BCUT2D eigenvalue weighted by Crippen LogP contribution is -2.53. The molecule has 0 N–H and O–H groups in total. The first-order valence-electron chi connectivity index (χ1n) is 8.91. The minimum atomic E-state index is -3.52. The quantitative estimate of drug-likeness (QED) is 0.810. The topological polar surface area (TPSA) is 81.5 Å². The average Bonchev–Trinajstić information content (AvgIpc) is 3.17. The van der Waals surface area contributed by atoms with E-state index in [-0.39, 0.29) is 19.0 Å². The molecule has 2 aliphatic rings. The summed E-state index contributed by atoms with van der Waals surface area (Å²) in [5.74, 6) is -0.130. The molecule has 0 spiro atoms. The molecular weight excluding hydrogens is 350 g/mol. The van der Waals surface area contributed by atoms with Crippen molar-refractivity contribution in [1.82, 2.24) is 9.21 Å². The standard InChI is InChI=1S/C19H23N3O3S/c20-16-19(9-4-5-10-19)18(23)21-11-13-22(14-12-21)26(24,25)15-8-17-6-2-1-3-7-17/h1-3,6-8,15H,4-5,9-14H2/b15-8+. The van der Waals surface area contributed by atoms with Crippen LogP contribution in [0.4, 0.5) is 0 Å². The molecule has 3 rings (SSSR count). The van der Waals surface area contributed by atoms with E-state index >= 15 is 0 Å². The zero-order valence-electron chi connectivity index (χ0n) is 14.7. The molecule has 2 fully saturated rings. The number of rotatable bonds is 4. The van der Waals surface area contributed by atoms with Gasteiger partial charge in [-0.3, -0.25) is 4.79 Å². The number of sulfonamides is 1. The predicted molar refractivity (Wildman–Crippen MR) is 99.1 cm³/mol.